The molecule has 35 heavy (non-hydrogen) atoms. The van der Waals surface area contributed by atoms with E-state index in [1.165, 1.54) is 17.8 Å². The predicted molar refractivity (Wildman–Crippen MR) is 142 cm³/mol. The number of carbonyl (C=O) groups excluding carboxylic acids is 2. The number of hydrogen-bond donors (Lipinski definition) is 1. The molecular formula is C29H33FN2O2S. The van der Waals surface area contributed by atoms with E-state index in [-0.39, 0.29) is 23.4 Å². The molecule has 0 aliphatic heterocycles. The van der Waals surface area contributed by atoms with Gasteiger partial charge in [-0.15, -0.1) is 11.8 Å². The minimum absolute atomic E-state index is 0.138. The summed E-state index contributed by atoms with van der Waals surface area (Å²) in [5, 5.41) is 2.99. The minimum Gasteiger partial charge on any atom is -0.354 e. The summed E-state index contributed by atoms with van der Waals surface area (Å²) in [6.07, 6.45) is 1.24. The van der Waals surface area contributed by atoms with Gasteiger partial charge in [0.1, 0.15) is 11.9 Å². The molecule has 2 amide bonds. The summed E-state index contributed by atoms with van der Waals surface area (Å²) in [5.41, 5.74) is 3.62. The molecule has 0 spiro atoms. The maximum atomic E-state index is 14.0. The average molecular weight is 493 g/mol. The van der Waals surface area contributed by atoms with Gasteiger partial charge in [-0.05, 0) is 36.1 Å². The number of benzene rings is 3. The molecule has 0 bridgehead atoms. The van der Waals surface area contributed by atoms with Crippen molar-refractivity contribution in [2.24, 2.45) is 0 Å². The molecule has 0 radical (unpaired) electrons. The van der Waals surface area contributed by atoms with Crippen LogP contribution in [0, 0.1) is 12.7 Å². The Bertz CT molecular complexity index is 1110. The summed E-state index contributed by atoms with van der Waals surface area (Å²) < 4.78 is 14.0. The first-order valence-corrected chi connectivity index (χ1v) is 13.1. The van der Waals surface area contributed by atoms with E-state index in [0.717, 1.165) is 23.1 Å². The van der Waals surface area contributed by atoms with Gasteiger partial charge < -0.3 is 10.2 Å². The zero-order chi connectivity index (χ0) is 25.0. The maximum absolute atomic E-state index is 14.0. The van der Waals surface area contributed by atoms with E-state index in [1.807, 2.05) is 68.4 Å². The monoisotopic (exact) mass is 492 g/mol. The molecule has 0 heterocycles. The molecule has 0 unspecified atom stereocenters. The Kier molecular flexibility index (Phi) is 10.4. The number of halogens is 1. The molecule has 0 aromatic heterocycles. The van der Waals surface area contributed by atoms with Gasteiger partial charge in [0.2, 0.25) is 11.8 Å². The van der Waals surface area contributed by atoms with Crippen LogP contribution >= 0.6 is 11.8 Å². The highest BCUT2D eigenvalue weighted by Crippen LogP contribution is 2.20. The van der Waals surface area contributed by atoms with Crippen LogP contribution in [0.15, 0.2) is 78.9 Å². The first kappa shape index (κ1) is 26.5. The highest BCUT2D eigenvalue weighted by atomic mass is 32.2. The predicted octanol–water partition coefficient (Wildman–Crippen LogP) is 5.53. The molecule has 1 atom stereocenters. The van der Waals surface area contributed by atoms with Crippen LogP contribution in [-0.4, -0.2) is 35.1 Å². The van der Waals surface area contributed by atoms with Crippen LogP contribution in [0.5, 0.6) is 0 Å². The third-order valence-electron chi connectivity index (χ3n) is 5.70. The number of thioether (sulfide) groups is 1. The summed E-state index contributed by atoms with van der Waals surface area (Å²) >= 11 is 1.36. The number of nitrogens with one attached hydrogen (secondary N) is 1. The zero-order valence-corrected chi connectivity index (χ0v) is 21.2. The van der Waals surface area contributed by atoms with E-state index < -0.39 is 6.04 Å². The van der Waals surface area contributed by atoms with Crippen molar-refractivity contribution in [1.29, 1.82) is 0 Å². The Hall–Kier alpha value is -3.12. The number of amides is 2. The molecule has 0 aliphatic rings. The van der Waals surface area contributed by atoms with E-state index in [2.05, 4.69) is 5.32 Å². The molecule has 184 valence electrons. The van der Waals surface area contributed by atoms with Crippen molar-refractivity contribution in [1.82, 2.24) is 10.2 Å². The number of rotatable bonds is 12. The van der Waals surface area contributed by atoms with Crippen molar-refractivity contribution in [3.63, 3.8) is 0 Å². The largest absolute Gasteiger partial charge is 0.354 e. The summed E-state index contributed by atoms with van der Waals surface area (Å²) in [4.78, 5) is 28.5. The Labute approximate surface area is 211 Å². The molecule has 3 rings (SSSR count). The smallest absolute Gasteiger partial charge is 0.243 e. The van der Waals surface area contributed by atoms with E-state index in [1.54, 1.807) is 23.1 Å². The standard InChI is InChI=1S/C29H33FN2O2S/c1-3-16-31-29(34)27(18-23-11-5-4-6-12-23)32(19-24-13-9-10-22(2)17-24)28(33)21-35-20-25-14-7-8-15-26(25)30/h4-15,17,27H,3,16,18-21H2,1-2H3,(H,31,34)/t27-/m0/s1. The van der Waals surface area contributed by atoms with Gasteiger partial charge >= 0.3 is 0 Å². The second-order valence-corrected chi connectivity index (χ2v) is 9.58. The highest BCUT2D eigenvalue weighted by Gasteiger charge is 2.30. The molecule has 3 aromatic carbocycles. The van der Waals surface area contributed by atoms with Crippen LogP contribution in [0.3, 0.4) is 0 Å². The van der Waals surface area contributed by atoms with Gasteiger partial charge in [-0.1, -0.05) is 85.3 Å². The fraction of sp³-hybridized carbons (Fsp3) is 0.310. The Morgan fingerprint density at radius 3 is 2.40 bits per heavy atom. The van der Waals surface area contributed by atoms with Gasteiger partial charge in [-0.25, -0.2) is 4.39 Å². The van der Waals surface area contributed by atoms with Gasteiger partial charge in [0, 0.05) is 25.3 Å². The second-order valence-electron chi connectivity index (χ2n) is 8.59. The molecule has 6 heteroatoms. The summed E-state index contributed by atoms with van der Waals surface area (Å²) in [6.45, 7) is 4.90. The fourth-order valence-electron chi connectivity index (χ4n) is 3.87. The van der Waals surface area contributed by atoms with Crippen molar-refractivity contribution >= 4 is 23.6 Å². The lowest BCUT2D eigenvalue weighted by Crippen LogP contribution is -2.51. The van der Waals surface area contributed by atoms with E-state index >= 15 is 0 Å². The third kappa shape index (κ3) is 8.25. The lowest BCUT2D eigenvalue weighted by molar-refractivity contribution is -0.139. The first-order valence-electron chi connectivity index (χ1n) is 12.0. The summed E-state index contributed by atoms with van der Waals surface area (Å²) in [6, 6.07) is 23.7. The quantitative estimate of drug-likeness (QED) is 0.362. The number of carbonyl (C=O) groups is 2. The van der Waals surface area contributed by atoms with Gasteiger partial charge in [0.05, 0.1) is 5.75 Å². The summed E-state index contributed by atoms with van der Waals surface area (Å²) in [5.74, 6) is -0.0182. The van der Waals surface area contributed by atoms with Crippen LogP contribution in [0.1, 0.15) is 35.6 Å². The second kappa shape index (κ2) is 13.7. The fourth-order valence-corrected chi connectivity index (χ4v) is 4.77. The number of nitrogens with zero attached hydrogens (tertiary/aromatic N) is 1. The minimum atomic E-state index is -0.647. The Balaban J connectivity index is 1.84. The van der Waals surface area contributed by atoms with Crippen molar-refractivity contribution in [2.45, 2.75) is 45.0 Å². The first-order chi connectivity index (χ1) is 17.0. The van der Waals surface area contributed by atoms with E-state index in [9.17, 15) is 14.0 Å². The normalized spacial score (nSPS) is 11.6. The van der Waals surface area contributed by atoms with Gasteiger partial charge in [0.25, 0.3) is 0 Å². The van der Waals surface area contributed by atoms with Crippen molar-refractivity contribution < 1.29 is 14.0 Å². The van der Waals surface area contributed by atoms with Gasteiger partial charge in [-0.2, -0.15) is 0 Å². The zero-order valence-electron chi connectivity index (χ0n) is 20.4. The van der Waals surface area contributed by atoms with E-state index in [0.29, 0.717) is 30.8 Å². The Morgan fingerprint density at radius 2 is 1.69 bits per heavy atom. The average Bonchev–Trinajstić information content (AvgIpc) is 2.86. The molecule has 0 aliphatic carbocycles. The number of hydrogen-bond acceptors (Lipinski definition) is 3. The number of aryl methyl sites for hydroxylation is 1. The van der Waals surface area contributed by atoms with Crippen LogP contribution in [-0.2, 0) is 28.3 Å². The summed E-state index contributed by atoms with van der Waals surface area (Å²) in [7, 11) is 0. The maximum Gasteiger partial charge on any atom is 0.243 e. The lowest BCUT2D eigenvalue weighted by atomic mass is 10.0. The van der Waals surface area contributed by atoms with Crippen molar-refractivity contribution in [2.75, 3.05) is 12.3 Å². The molecule has 4 nitrogen and oxygen atoms in total. The van der Waals surface area contributed by atoms with Crippen LogP contribution in [0.25, 0.3) is 0 Å². The molecule has 1 N–H and O–H groups in total. The van der Waals surface area contributed by atoms with Gasteiger partial charge in [-0.3, -0.25) is 9.59 Å². The van der Waals surface area contributed by atoms with Crippen molar-refractivity contribution in [3.8, 4) is 0 Å². The third-order valence-corrected chi connectivity index (χ3v) is 6.66. The van der Waals surface area contributed by atoms with Crippen molar-refractivity contribution in [3.05, 3.63) is 107 Å². The van der Waals surface area contributed by atoms with Gasteiger partial charge in [0.15, 0.2) is 0 Å². The molecule has 0 saturated heterocycles. The van der Waals surface area contributed by atoms with Crippen LogP contribution < -0.4 is 5.32 Å². The molecule has 3 aromatic rings. The van der Waals surface area contributed by atoms with E-state index in [4.69, 9.17) is 0 Å². The highest BCUT2D eigenvalue weighted by molar-refractivity contribution is 7.99. The van der Waals surface area contributed by atoms with Crippen LogP contribution in [0.4, 0.5) is 4.39 Å². The molecular weight excluding hydrogens is 459 g/mol. The molecule has 0 fully saturated rings. The lowest BCUT2D eigenvalue weighted by Gasteiger charge is -2.31. The van der Waals surface area contributed by atoms with Crippen LogP contribution in [0.2, 0.25) is 0 Å². The topological polar surface area (TPSA) is 49.4 Å². The Morgan fingerprint density at radius 1 is 0.971 bits per heavy atom. The molecule has 0 saturated carbocycles. The SMILES string of the molecule is CCCNC(=O)[C@H](Cc1ccccc1)N(Cc1cccc(C)c1)C(=O)CSCc1ccccc1F.